The second-order valence-electron chi connectivity index (χ2n) is 3.18. The van der Waals surface area contributed by atoms with Crippen molar-refractivity contribution < 1.29 is 5.21 Å². The number of rotatable bonds is 3. The molecule has 0 spiro atoms. The maximum absolute atomic E-state index is 9.04. The van der Waals surface area contributed by atoms with Crippen LogP contribution >= 0.6 is 0 Å². The van der Waals surface area contributed by atoms with Gasteiger partial charge in [0.15, 0.2) is 5.82 Å². The van der Waals surface area contributed by atoms with Gasteiger partial charge in [0.2, 0.25) is 0 Å². The molecule has 1 N–H and O–H groups in total. The number of hydrogen-bond donors (Lipinski definition) is 1. The first-order chi connectivity index (χ1) is 7.25. The molecule has 0 unspecified atom stereocenters. The van der Waals surface area contributed by atoms with Crippen molar-refractivity contribution in [1.82, 2.24) is 24.8 Å². The van der Waals surface area contributed by atoms with E-state index in [1.807, 2.05) is 12.1 Å². The highest BCUT2D eigenvalue weighted by Gasteiger charge is 2.00. The van der Waals surface area contributed by atoms with Gasteiger partial charge < -0.3 is 5.21 Å². The zero-order valence-electron chi connectivity index (χ0n) is 8.28. The van der Waals surface area contributed by atoms with Gasteiger partial charge in [-0.25, -0.2) is 14.6 Å². The first-order valence-electron chi connectivity index (χ1n) is 4.45. The molecule has 0 fully saturated rings. The third kappa shape index (κ3) is 2.36. The van der Waals surface area contributed by atoms with Crippen LogP contribution in [0.25, 0.3) is 5.82 Å². The van der Waals surface area contributed by atoms with E-state index in [1.165, 1.54) is 6.33 Å². The molecule has 6 heteroatoms. The van der Waals surface area contributed by atoms with E-state index in [4.69, 9.17) is 5.21 Å². The number of nitrogens with zero attached hydrogens (tertiary/aromatic N) is 5. The van der Waals surface area contributed by atoms with E-state index in [9.17, 15) is 0 Å². The molecule has 78 valence electrons. The van der Waals surface area contributed by atoms with Crippen LogP contribution in [0.1, 0.15) is 5.56 Å². The summed E-state index contributed by atoms with van der Waals surface area (Å²) in [6, 6.07) is 3.71. The van der Waals surface area contributed by atoms with Crippen LogP contribution in [-0.4, -0.2) is 37.1 Å². The van der Waals surface area contributed by atoms with Crippen molar-refractivity contribution in [2.45, 2.75) is 6.54 Å². The van der Waals surface area contributed by atoms with Gasteiger partial charge in [-0.3, -0.25) is 0 Å². The lowest BCUT2D eigenvalue weighted by molar-refractivity contribution is -0.0732. The first kappa shape index (κ1) is 9.75. The van der Waals surface area contributed by atoms with E-state index >= 15 is 0 Å². The number of hydroxylamine groups is 2. The smallest absolute Gasteiger partial charge is 0.155 e. The molecular weight excluding hydrogens is 194 g/mol. The summed E-state index contributed by atoms with van der Waals surface area (Å²) in [5, 5.41) is 14.1. The molecule has 0 atom stereocenters. The monoisotopic (exact) mass is 205 g/mol. The zero-order valence-corrected chi connectivity index (χ0v) is 8.28. The summed E-state index contributed by atoms with van der Waals surface area (Å²) in [6.45, 7) is 0.449. The molecule has 0 radical (unpaired) electrons. The third-order valence-corrected chi connectivity index (χ3v) is 1.87. The van der Waals surface area contributed by atoms with Gasteiger partial charge in [-0.15, -0.1) is 0 Å². The SMILES string of the molecule is CN(O)Cc1ccc(-n2cncn2)nc1. The van der Waals surface area contributed by atoms with Crippen molar-refractivity contribution in [3.8, 4) is 5.82 Å². The molecule has 0 bridgehead atoms. The highest BCUT2D eigenvalue weighted by atomic mass is 16.5. The van der Waals surface area contributed by atoms with Crippen LogP contribution in [0.5, 0.6) is 0 Å². The Morgan fingerprint density at radius 1 is 1.47 bits per heavy atom. The lowest BCUT2D eigenvalue weighted by Gasteiger charge is -2.07. The van der Waals surface area contributed by atoms with E-state index in [1.54, 1.807) is 24.3 Å². The van der Waals surface area contributed by atoms with Crippen LogP contribution < -0.4 is 0 Å². The van der Waals surface area contributed by atoms with E-state index in [0.29, 0.717) is 12.4 Å². The van der Waals surface area contributed by atoms with Crippen LogP contribution in [0.2, 0.25) is 0 Å². The molecule has 2 aromatic heterocycles. The molecule has 2 heterocycles. The predicted molar refractivity (Wildman–Crippen MR) is 52.4 cm³/mol. The Labute approximate surface area is 86.8 Å². The molecule has 0 aliphatic rings. The summed E-state index contributed by atoms with van der Waals surface area (Å²) in [4.78, 5) is 8.03. The average Bonchev–Trinajstić information content (AvgIpc) is 2.71. The minimum Gasteiger partial charge on any atom is -0.314 e. The molecule has 0 aliphatic carbocycles. The highest BCUT2D eigenvalue weighted by Crippen LogP contribution is 2.04. The standard InChI is InChI=1S/C9H11N5O/c1-13(15)5-8-2-3-9(11-4-8)14-7-10-6-12-14/h2-4,6-7,15H,5H2,1H3. The summed E-state index contributed by atoms with van der Waals surface area (Å²) in [5.41, 5.74) is 0.934. The second kappa shape index (κ2) is 4.16. The van der Waals surface area contributed by atoms with Crippen LogP contribution in [-0.2, 0) is 6.54 Å². The minimum atomic E-state index is 0.449. The fraction of sp³-hybridized carbons (Fsp3) is 0.222. The summed E-state index contributed by atoms with van der Waals surface area (Å²) in [6.07, 6.45) is 4.74. The fourth-order valence-corrected chi connectivity index (χ4v) is 1.24. The van der Waals surface area contributed by atoms with Gasteiger partial charge in [-0.1, -0.05) is 6.07 Å². The Morgan fingerprint density at radius 2 is 2.33 bits per heavy atom. The highest BCUT2D eigenvalue weighted by molar-refractivity contribution is 5.23. The maximum atomic E-state index is 9.04. The van der Waals surface area contributed by atoms with Crippen LogP contribution in [0.3, 0.4) is 0 Å². The van der Waals surface area contributed by atoms with E-state index < -0.39 is 0 Å². The number of pyridine rings is 1. The molecule has 6 nitrogen and oxygen atoms in total. The third-order valence-electron chi connectivity index (χ3n) is 1.87. The van der Waals surface area contributed by atoms with Crippen molar-refractivity contribution in [1.29, 1.82) is 0 Å². The fourth-order valence-electron chi connectivity index (χ4n) is 1.24. The molecular formula is C9H11N5O. The van der Waals surface area contributed by atoms with Crippen molar-refractivity contribution in [3.63, 3.8) is 0 Å². The largest absolute Gasteiger partial charge is 0.314 e. The molecule has 2 rings (SSSR count). The van der Waals surface area contributed by atoms with Gasteiger partial charge >= 0.3 is 0 Å². The van der Waals surface area contributed by atoms with Crippen molar-refractivity contribution in [2.75, 3.05) is 7.05 Å². The summed E-state index contributed by atoms with van der Waals surface area (Å²) < 4.78 is 1.58. The molecule has 0 amide bonds. The summed E-state index contributed by atoms with van der Waals surface area (Å²) in [5.74, 6) is 0.705. The van der Waals surface area contributed by atoms with Crippen molar-refractivity contribution in [2.24, 2.45) is 0 Å². The Bertz CT molecular complexity index is 409. The summed E-state index contributed by atoms with van der Waals surface area (Å²) >= 11 is 0. The molecule has 0 saturated heterocycles. The van der Waals surface area contributed by atoms with Gasteiger partial charge in [-0.05, 0) is 11.6 Å². The van der Waals surface area contributed by atoms with Crippen LogP contribution in [0.15, 0.2) is 31.0 Å². The van der Waals surface area contributed by atoms with Crippen LogP contribution in [0, 0.1) is 0 Å². The molecule has 15 heavy (non-hydrogen) atoms. The molecule has 0 aliphatic heterocycles. The summed E-state index contributed by atoms with van der Waals surface area (Å²) in [7, 11) is 1.59. The van der Waals surface area contributed by atoms with Gasteiger partial charge in [0.25, 0.3) is 0 Å². The lowest BCUT2D eigenvalue weighted by Crippen LogP contribution is -2.12. The van der Waals surface area contributed by atoms with Gasteiger partial charge in [0.05, 0.1) is 6.54 Å². The maximum Gasteiger partial charge on any atom is 0.155 e. The van der Waals surface area contributed by atoms with Crippen molar-refractivity contribution in [3.05, 3.63) is 36.5 Å². The lowest BCUT2D eigenvalue weighted by atomic mass is 10.3. The second-order valence-corrected chi connectivity index (χ2v) is 3.18. The van der Waals surface area contributed by atoms with Crippen molar-refractivity contribution >= 4 is 0 Å². The van der Waals surface area contributed by atoms with Gasteiger partial charge in [0, 0.05) is 13.2 Å². The number of hydrogen-bond acceptors (Lipinski definition) is 5. The van der Waals surface area contributed by atoms with E-state index in [0.717, 1.165) is 10.6 Å². The molecule has 2 aromatic rings. The van der Waals surface area contributed by atoms with Crippen LogP contribution in [0.4, 0.5) is 0 Å². The Morgan fingerprint density at radius 3 is 2.87 bits per heavy atom. The van der Waals surface area contributed by atoms with Gasteiger partial charge in [-0.2, -0.15) is 10.2 Å². The van der Waals surface area contributed by atoms with E-state index in [-0.39, 0.29) is 0 Å². The van der Waals surface area contributed by atoms with Gasteiger partial charge in [0.1, 0.15) is 12.7 Å². The van der Waals surface area contributed by atoms with E-state index in [2.05, 4.69) is 15.1 Å². The Balaban J connectivity index is 2.17. The Hall–Kier alpha value is -1.79. The minimum absolute atomic E-state index is 0.449. The quantitative estimate of drug-likeness (QED) is 0.738. The average molecular weight is 205 g/mol. The topological polar surface area (TPSA) is 67.1 Å². The Kier molecular flexibility index (Phi) is 2.70. The molecule has 0 aromatic carbocycles. The predicted octanol–water partition coefficient (Wildman–Crippen LogP) is 0.483. The molecule has 0 saturated carbocycles. The number of aromatic nitrogens is 4. The normalized spacial score (nSPS) is 10.9. The zero-order chi connectivity index (χ0) is 10.7. The first-order valence-corrected chi connectivity index (χ1v) is 4.45.